The molecular formula is C53H102O6. The Bertz CT molecular complexity index is 874. The zero-order valence-electron chi connectivity index (χ0n) is 40.1. The van der Waals surface area contributed by atoms with E-state index < -0.39 is 6.10 Å². The van der Waals surface area contributed by atoms with Gasteiger partial charge >= 0.3 is 17.9 Å². The molecule has 59 heavy (non-hydrogen) atoms. The van der Waals surface area contributed by atoms with E-state index in [9.17, 15) is 14.4 Å². The number of carbonyl (C=O) groups excluding carboxylic acids is 3. The van der Waals surface area contributed by atoms with Gasteiger partial charge < -0.3 is 14.2 Å². The Hall–Kier alpha value is -1.59. The molecule has 0 aromatic rings. The maximum absolute atomic E-state index is 12.8. The molecule has 0 aliphatic rings. The van der Waals surface area contributed by atoms with E-state index in [0.29, 0.717) is 19.3 Å². The van der Waals surface area contributed by atoms with Crippen molar-refractivity contribution in [2.75, 3.05) is 13.2 Å². The summed E-state index contributed by atoms with van der Waals surface area (Å²) in [6.07, 6.45) is 52.3. The fraction of sp³-hybridized carbons (Fsp3) is 0.943. The quantitative estimate of drug-likeness (QED) is 0.0345. The molecule has 0 amide bonds. The van der Waals surface area contributed by atoms with E-state index in [4.69, 9.17) is 14.2 Å². The lowest BCUT2D eigenvalue weighted by Gasteiger charge is -2.18. The van der Waals surface area contributed by atoms with E-state index in [1.807, 2.05) is 0 Å². The standard InChI is InChI=1S/C53H102O6/c1-4-7-10-13-16-19-22-24-25-26-27-29-32-35-38-41-44-47-53(56)59-50(48-57-51(54)45-42-39-36-33-30-21-18-15-12-9-6-3)49-58-52(55)46-43-40-37-34-31-28-23-20-17-14-11-8-5-2/h50H,4-49H2,1-3H3/t50-/m1/s1. The molecule has 0 aromatic heterocycles. The predicted octanol–water partition coefficient (Wildman–Crippen LogP) is 17.2. The molecule has 0 rings (SSSR count). The van der Waals surface area contributed by atoms with Crippen molar-refractivity contribution < 1.29 is 28.6 Å². The number of hydrogen-bond acceptors (Lipinski definition) is 6. The van der Waals surface area contributed by atoms with Crippen LogP contribution in [-0.4, -0.2) is 37.2 Å². The predicted molar refractivity (Wildman–Crippen MR) is 252 cm³/mol. The molecule has 0 aliphatic heterocycles. The number of rotatable bonds is 49. The van der Waals surface area contributed by atoms with E-state index in [2.05, 4.69) is 20.8 Å². The SMILES string of the molecule is CCCCCCCCCCCCCCCCCCCC(=O)O[C@H](COC(=O)CCCCCCCCCCCCC)COC(=O)CCCCCCCCCCCCCCC. The van der Waals surface area contributed by atoms with Gasteiger partial charge in [0, 0.05) is 19.3 Å². The molecule has 0 radical (unpaired) electrons. The van der Waals surface area contributed by atoms with Crippen LogP contribution in [0.15, 0.2) is 0 Å². The van der Waals surface area contributed by atoms with Crippen molar-refractivity contribution in [1.29, 1.82) is 0 Å². The maximum Gasteiger partial charge on any atom is 0.306 e. The second kappa shape index (κ2) is 49.1. The van der Waals surface area contributed by atoms with Crippen molar-refractivity contribution in [3.8, 4) is 0 Å². The summed E-state index contributed by atoms with van der Waals surface area (Å²) in [6, 6.07) is 0. The van der Waals surface area contributed by atoms with Gasteiger partial charge in [-0.1, -0.05) is 265 Å². The molecule has 6 nitrogen and oxygen atoms in total. The van der Waals surface area contributed by atoms with Gasteiger partial charge in [0.2, 0.25) is 0 Å². The van der Waals surface area contributed by atoms with Crippen molar-refractivity contribution >= 4 is 17.9 Å². The zero-order chi connectivity index (χ0) is 43.0. The van der Waals surface area contributed by atoms with Gasteiger partial charge in [0.15, 0.2) is 6.10 Å². The van der Waals surface area contributed by atoms with Crippen LogP contribution in [-0.2, 0) is 28.6 Å². The van der Waals surface area contributed by atoms with Crippen LogP contribution in [0, 0.1) is 0 Å². The zero-order valence-corrected chi connectivity index (χ0v) is 40.1. The number of ether oxygens (including phenoxy) is 3. The fourth-order valence-electron chi connectivity index (χ4n) is 8.09. The molecule has 6 heteroatoms. The Labute approximate surface area is 368 Å². The number of carbonyl (C=O) groups is 3. The Morgan fingerprint density at radius 3 is 0.678 bits per heavy atom. The summed E-state index contributed by atoms with van der Waals surface area (Å²) in [5.41, 5.74) is 0. The molecular weight excluding hydrogens is 733 g/mol. The molecule has 0 aliphatic carbocycles. The molecule has 0 N–H and O–H groups in total. The molecule has 0 saturated carbocycles. The van der Waals surface area contributed by atoms with E-state index in [-0.39, 0.29) is 31.1 Å². The first-order chi connectivity index (χ1) is 29.0. The molecule has 350 valence electrons. The van der Waals surface area contributed by atoms with Crippen LogP contribution in [0.25, 0.3) is 0 Å². The maximum atomic E-state index is 12.8. The number of hydrogen-bond donors (Lipinski definition) is 0. The van der Waals surface area contributed by atoms with Crippen molar-refractivity contribution in [3.05, 3.63) is 0 Å². The van der Waals surface area contributed by atoms with Crippen molar-refractivity contribution in [1.82, 2.24) is 0 Å². The minimum absolute atomic E-state index is 0.0617. The summed E-state index contributed by atoms with van der Waals surface area (Å²) >= 11 is 0. The Morgan fingerprint density at radius 2 is 0.458 bits per heavy atom. The van der Waals surface area contributed by atoms with Crippen molar-refractivity contribution in [2.24, 2.45) is 0 Å². The van der Waals surface area contributed by atoms with E-state index in [1.165, 1.54) is 205 Å². The monoisotopic (exact) mass is 835 g/mol. The minimum atomic E-state index is -0.759. The van der Waals surface area contributed by atoms with Gasteiger partial charge in [-0.3, -0.25) is 14.4 Å². The highest BCUT2D eigenvalue weighted by Gasteiger charge is 2.19. The van der Waals surface area contributed by atoms with Crippen molar-refractivity contribution in [2.45, 2.75) is 309 Å². The minimum Gasteiger partial charge on any atom is -0.462 e. The summed E-state index contributed by atoms with van der Waals surface area (Å²) in [4.78, 5) is 37.9. The van der Waals surface area contributed by atoms with Crippen LogP contribution in [0.1, 0.15) is 303 Å². The van der Waals surface area contributed by atoms with Gasteiger partial charge in [-0.15, -0.1) is 0 Å². The van der Waals surface area contributed by atoms with Crippen molar-refractivity contribution in [3.63, 3.8) is 0 Å². The molecule has 0 spiro atoms. The lowest BCUT2D eigenvalue weighted by molar-refractivity contribution is -0.167. The molecule has 0 fully saturated rings. The number of esters is 3. The first-order valence-electron chi connectivity index (χ1n) is 26.5. The molecule has 0 heterocycles. The number of unbranched alkanes of at least 4 members (excludes halogenated alkanes) is 38. The normalized spacial score (nSPS) is 11.8. The van der Waals surface area contributed by atoms with Crippen LogP contribution < -0.4 is 0 Å². The van der Waals surface area contributed by atoms with Gasteiger partial charge in [-0.2, -0.15) is 0 Å². The second-order valence-electron chi connectivity index (χ2n) is 18.2. The fourth-order valence-corrected chi connectivity index (χ4v) is 8.09. The Kier molecular flexibility index (Phi) is 47.7. The summed E-state index contributed by atoms with van der Waals surface area (Å²) < 4.78 is 16.8. The highest BCUT2D eigenvalue weighted by atomic mass is 16.6. The van der Waals surface area contributed by atoms with Gasteiger partial charge in [0.05, 0.1) is 0 Å². The highest BCUT2D eigenvalue weighted by Crippen LogP contribution is 2.17. The largest absolute Gasteiger partial charge is 0.462 e. The second-order valence-corrected chi connectivity index (χ2v) is 18.2. The third kappa shape index (κ3) is 47.3. The third-order valence-corrected chi connectivity index (χ3v) is 12.1. The van der Waals surface area contributed by atoms with E-state index in [0.717, 1.165) is 57.8 Å². The first kappa shape index (κ1) is 57.4. The molecule has 0 unspecified atom stereocenters. The summed E-state index contributed by atoms with van der Waals surface area (Å²) in [6.45, 7) is 6.68. The van der Waals surface area contributed by atoms with Gasteiger partial charge in [-0.05, 0) is 19.3 Å². The van der Waals surface area contributed by atoms with Crippen LogP contribution in [0.3, 0.4) is 0 Å². The van der Waals surface area contributed by atoms with Gasteiger partial charge in [0.1, 0.15) is 13.2 Å². The van der Waals surface area contributed by atoms with E-state index >= 15 is 0 Å². The Balaban J connectivity index is 4.28. The first-order valence-corrected chi connectivity index (χ1v) is 26.5. The Morgan fingerprint density at radius 1 is 0.271 bits per heavy atom. The smallest absolute Gasteiger partial charge is 0.306 e. The van der Waals surface area contributed by atoms with Gasteiger partial charge in [-0.25, -0.2) is 0 Å². The van der Waals surface area contributed by atoms with Crippen LogP contribution >= 0.6 is 0 Å². The van der Waals surface area contributed by atoms with Crippen LogP contribution in [0.2, 0.25) is 0 Å². The topological polar surface area (TPSA) is 78.9 Å². The average molecular weight is 835 g/mol. The highest BCUT2D eigenvalue weighted by molar-refractivity contribution is 5.71. The lowest BCUT2D eigenvalue weighted by atomic mass is 10.0. The van der Waals surface area contributed by atoms with Gasteiger partial charge in [0.25, 0.3) is 0 Å². The molecule has 1 atom stereocenters. The molecule has 0 aromatic carbocycles. The average Bonchev–Trinajstić information content (AvgIpc) is 3.23. The summed E-state index contributed by atoms with van der Waals surface area (Å²) in [5.74, 6) is -0.840. The molecule has 0 saturated heterocycles. The third-order valence-electron chi connectivity index (χ3n) is 12.1. The van der Waals surface area contributed by atoms with Crippen LogP contribution in [0.4, 0.5) is 0 Å². The van der Waals surface area contributed by atoms with E-state index in [1.54, 1.807) is 0 Å². The lowest BCUT2D eigenvalue weighted by Crippen LogP contribution is -2.30. The summed E-state index contributed by atoms with van der Waals surface area (Å²) in [5, 5.41) is 0. The summed E-state index contributed by atoms with van der Waals surface area (Å²) in [7, 11) is 0. The molecule has 0 bridgehead atoms. The van der Waals surface area contributed by atoms with Crippen LogP contribution in [0.5, 0.6) is 0 Å².